The number of carbonyl (C=O) groups is 1. The predicted octanol–water partition coefficient (Wildman–Crippen LogP) is 2.41. The highest BCUT2D eigenvalue weighted by Gasteiger charge is 2.23. The zero-order valence-corrected chi connectivity index (χ0v) is 17.8. The summed E-state index contributed by atoms with van der Waals surface area (Å²) in [6.07, 6.45) is 5.45. The van der Waals surface area contributed by atoms with E-state index >= 15 is 0 Å². The number of unbranched alkanes of at least 4 members (excludes halogenated alkanes) is 2. The highest BCUT2D eigenvalue weighted by Crippen LogP contribution is 2.16. The van der Waals surface area contributed by atoms with Gasteiger partial charge in [0.25, 0.3) is 0 Å². The molecule has 0 aliphatic carbocycles. The fraction of sp³-hybridized carbons (Fsp3) is 0.600. The van der Waals surface area contributed by atoms with Crippen LogP contribution in [0.4, 0.5) is 0 Å². The first-order valence-corrected chi connectivity index (χ1v) is 10.1. The third-order valence-corrected chi connectivity index (χ3v) is 5.38. The second-order valence-corrected chi connectivity index (χ2v) is 7.52. The minimum Gasteiger partial charge on any atom is -0.480 e. The number of likely N-dealkylation sites (N-methyl/N-ethyl adjacent to an activating group) is 1. The van der Waals surface area contributed by atoms with Gasteiger partial charge in [0.1, 0.15) is 0 Å². The number of nitrogens with zero attached hydrogens (tertiary/aromatic N) is 6. The standard InChI is InChI=1S/C20H30N6O2.ClH/c1-24(16-19(27)28)18-10-14-25(15-11-18)12-6-3-7-13-26-22-20(21-23-26)17-8-4-2-5-9-17;/h2,4-5,8-9,18H,3,6-7,10-16H2,1H3,(H,27,28);1H. The van der Waals surface area contributed by atoms with E-state index in [2.05, 4.69) is 20.3 Å². The van der Waals surface area contributed by atoms with Crippen molar-refractivity contribution in [1.82, 2.24) is 30.0 Å². The van der Waals surface area contributed by atoms with Gasteiger partial charge in [0.15, 0.2) is 0 Å². The molecule has 2 aromatic rings. The summed E-state index contributed by atoms with van der Waals surface area (Å²) < 4.78 is 0. The highest BCUT2D eigenvalue weighted by molar-refractivity contribution is 5.85. The van der Waals surface area contributed by atoms with Crippen molar-refractivity contribution < 1.29 is 9.90 Å². The molecular weight excluding hydrogens is 392 g/mol. The number of halogens is 1. The van der Waals surface area contributed by atoms with Crippen LogP contribution in [0, 0.1) is 0 Å². The van der Waals surface area contributed by atoms with Gasteiger partial charge >= 0.3 is 5.97 Å². The number of carboxylic acids is 1. The zero-order chi connectivity index (χ0) is 19.8. The molecule has 160 valence electrons. The van der Waals surface area contributed by atoms with Crippen molar-refractivity contribution in [2.75, 3.05) is 33.2 Å². The van der Waals surface area contributed by atoms with Crippen LogP contribution in [0.5, 0.6) is 0 Å². The molecule has 0 amide bonds. The molecule has 0 radical (unpaired) electrons. The number of hydrogen-bond acceptors (Lipinski definition) is 6. The van der Waals surface area contributed by atoms with E-state index in [0.717, 1.165) is 63.8 Å². The van der Waals surface area contributed by atoms with Crippen LogP contribution < -0.4 is 0 Å². The Labute approximate surface area is 178 Å². The third-order valence-electron chi connectivity index (χ3n) is 5.38. The van der Waals surface area contributed by atoms with Crippen LogP contribution >= 0.6 is 12.4 Å². The maximum atomic E-state index is 10.8. The lowest BCUT2D eigenvalue weighted by atomic mass is 10.0. The van der Waals surface area contributed by atoms with Gasteiger partial charge in [-0.05, 0) is 57.6 Å². The van der Waals surface area contributed by atoms with Gasteiger partial charge in [-0.2, -0.15) is 4.80 Å². The number of carboxylic acid groups (broad SMARTS) is 1. The van der Waals surface area contributed by atoms with Gasteiger partial charge in [-0.1, -0.05) is 36.8 Å². The molecule has 9 heteroatoms. The van der Waals surface area contributed by atoms with Crippen molar-refractivity contribution in [2.45, 2.75) is 44.7 Å². The Morgan fingerprint density at radius 2 is 1.83 bits per heavy atom. The van der Waals surface area contributed by atoms with Crippen LogP contribution in [0.2, 0.25) is 0 Å². The Morgan fingerprint density at radius 1 is 1.14 bits per heavy atom. The van der Waals surface area contributed by atoms with E-state index in [0.29, 0.717) is 11.9 Å². The summed E-state index contributed by atoms with van der Waals surface area (Å²) in [6.45, 7) is 4.14. The second-order valence-electron chi connectivity index (χ2n) is 7.52. The van der Waals surface area contributed by atoms with Gasteiger partial charge < -0.3 is 10.0 Å². The van der Waals surface area contributed by atoms with Crippen LogP contribution in [0.3, 0.4) is 0 Å². The fourth-order valence-electron chi connectivity index (χ4n) is 3.73. The summed E-state index contributed by atoms with van der Waals surface area (Å²) in [7, 11) is 1.91. The normalized spacial score (nSPS) is 15.4. The average molecular weight is 423 g/mol. The average Bonchev–Trinajstić information content (AvgIpc) is 3.17. The largest absolute Gasteiger partial charge is 0.480 e. The number of aromatic nitrogens is 4. The van der Waals surface area contributed by atoms with Gasteiger partial charge in [0.2, 0.25) is 5.82 Å². The van der Waals surface area contributed by atoms with E-state index < -0.39 is 5.97 Å². The van der Waals surface area contributed by atoms with E-state index in [-0.39, 0.29) is 19.0 Å². The predicted molar refractivity (Wildman–Crippen MR) is 114 cm³/mol. The first-order chi connectivity index (χ1) is 13.6. The van der Waals surface area contributed by atoms with Gasteiger partial charge in [-0.3, -0.25) is 9.69 Å². The fourth-order valence-corrected chi connectivity index (χ4v) is 3.73. The molecule has 1 aromatic carbocycles. The third kappa shape index (κ3) is 7.38. The minimum atomic E-state index is -0.748. The zero-order valence-electron chi connectivity index (χ0n) is 17.0. The number of aryl methyl sites for hydroxylation is 1. The number of benzene rings is 1. The van der Waals surface area contributed by atoms with Crippen LogP contribution in [-0.2, 0) is 11.3 Å². The summed E-state index contributed by atoms with van der Waals surface area (Å²) in [5.74, 6) is -0.0703. The maximum Gasteiger partial charge on any atom is 0.317 e. The van der Waals surface area contributed by atoms with Crippen molar-refractivity contribution in [3.05, 3.63) is 30.3 Å². The van der Waals surface area contributed by atoms with Crippen molar-refractivity contribution in [3.8, 4) is 11.4 Å². The van der Waals surface area contributed by atoms with Crippen LogP contribution in [0.15, 0.2) is 30.3 Å². The monoisotopic (exact) mass is 422 g/mol. The smallest absolute Gasteiger partial charge is 0.317 e. The molecule has 0 spiro atoms. The molecule has 1 fully saturated rings. The highest BCUT2D eigenvalue weighted by atomic mass is 35.5. The van der Waals surface area contributed by atoms with E-state index in [1.165, 1.54) is 0 Å². The molecular formula is C20H31ClN6O2. The summed E-state index contributed by atoms with van der Waals surface area (Å²) in [5.41, 5.74) is 0.992. The van der Waals surface area contributed by atoms with Crippen molar-refractivity contribution >= 4 is 18.4 Å². The van der Waals surface area contributed by atoms with Gasteiger partial charge in [-0.15, -0.1) is 22.6 Å². The quantitative estimate of drug-likeness (QED) is 0.588. The van der Waals surface area contributed by atoms with Gasteiger partial charge in [-0.25, -0.2) is 0 Å². The molecule has 0 saturated carbocycles. The second kappa shape index (κ2) is 11.8. The Hall–Kier alpha value is -2.03. The molecule has 1 aliphatic rings. The van der Waals surface area contributed by atoms with E-state index in [4.69, 9.17) is 5.11 Å². The van der Waals surface area contributed by atoms with Crippen LogP contribution in [0.1, 0.15) is 32.1 Å². The molecule has 1 aromatic heterocycles. The molecule has 1 N–H and O–H groups in total. The summed E-state index contributed by atoms with van der Waals surface area (Å²) in [6, 6.07) is 10.3. The molecule has 2 heterocycles. The number of aliphatic carboxylic acids is 1. The topological polar surface area (TPSA) is 87.4 Å². The number of rotatable bonds is 10. The summed E-state index contributed by atoms with van der Waals surface area (Å²) in [5, 5.41) is 21.6. The number of likely N-dealkylation sites (tertiary alicyclic amines) is 1. The Bertz CT molecular complexity index is 734. The lowest BCUT2D eigenvalue weighted by Crippen LogP contribution is -2.45. The van der Waals surface area contributed by atoms with E-state index in [1.54, 1.807) is 4.80 Å². The van der Waals surface area contributed by atoms with Crippen LogP contribution in [-0.4, -0.2) is 80.4 Å². The van der Waals surface area contributed by atoms with Crippen molar-refractivity contribution in [1.29, 1.82) is 0 Å². The van der Waals surface area contributed by atoms with Gasteiger partial charge in [0.05, 0.1) is 13.1 Å². The van der Waals surface area contributed by atoms with Crippen LogP contribution in [0.25, 0.3) is 11.4 Å². The SMILES string of the molecule is CN(CC(=O)O)C1CCN(CCCCCn2nnc(-c3ccccc3)n2)CC1.Cl. The number of tetrazole rings is 1. The minimum absolute atomic E-state index is 0. The lowest BCUT2D eigenvalue weighted by Gasteiger charge is -2.36. The van der Waals surface area contributed by atoms with Crippen molar-refractivity contribution in [2.24, 2.45) is 0 Å². The first kappa shape index (κ1) is 23.3. The van der Waals surface area contributed by atoms with Crippen molar-refractivity contribution in [3.63, 3.8) is 0 Å². The molecule has 0 unspecified atom stereocenters. The summed E-state index contributed by atoms with van der Waals surface area (Å²) >= 11 is 0. The Kier molecular flexibility index (Phi) is 9.50. The maximum absolute atomic E-state index is 10.8. The molecule has 0 bridgehead atoms. The molecule has 1 saturated heterocycles. The molecule has 29 heavy (non-hydrogen) atoms. The van der Waals surface area contributed by atoms with Gasteiger partial charge in [0, 0.05) is 11.6 Å². The molecule has 1 aliphatic heterocycles. The molecule has 0 atom stereocenters. The Morgan fingerprint density at radius 3 is 2.52 bits per heavy atom. The molecule has 3 rings (SSSR count). The van der Waals surface area contributed by atoms with E-state index in [9.17, 15) is 4.79 Å². The number of piperidine rings is 1. The van der Waals surface area contributed by atoms with E-state index in [1.807, 2.05) is 42.3 Å². The lowest BCUT2D eigenvalue weighted by molar-refractivity contribution is -0.138. The Balaban J connectivity index is 0.00000300. The summed E-state index contributed by atoms with van der Waals surface area (Å²) in [4.78, 5) is 17.0. The first-order valence-electron chi connectivity index (χ1n) is 10.1. The number of hydrogen-bond donors (Lipinski definition) is 1. The molecule has 8 nitrogen and oxygen atoms in total.